The van der Waals surface area contributed by atoms with E-state index in [9.17, 15) is 18.3 Å². The van der Waals surface area contributed by atoms with Gasteiger partial charge in [-0.25, -0.2) is 10.8 Å². The number of hydrazine groups is 1. The molecule has 0 saturated carbocycles. The number of likely N-dealkylation sites (tertiary alicyclic amines) is 1. The Morgan fingerprint density at radius 1 is 1.50 bits per heavy atom. The third-order valence-corrected chi connectivity index (χ3v) is 3.41. The van der Waals surface area contributed by atoms with Crippen LogP contribution in [0.5, 0.6) is 0 Å². The molecule has 2 heterocycles. The first-order valence-corrected chi connectivity index (χ1v) is 6.19. The molecule has 1 aromatic heterocycles. The molecule has 8 heteroatoms. The van der Waals surface area contributed by atoms with Crippen molar-refractivity contribution in [2.45, 2.75) is 31.2 Å². The van der Waals surface area contributed by atoms with E-state index >= 15 is 0 Å². The highest BCUT2D eigenvalue weighted by Crippen LogP contribution is 2.40. The minimum absolute atomic E-state index is 0.0198. The van der Waals surface area contributed by atoms with Gasteiger partial charge in [0.2, 0.25) is 0 Å². The van der Waals surface area contributed by atoms with Crippen molar-refractivity contribution in [2.24, 2.45) is 5.84 Å². The molecule has 1 aliphatic rings. The number of nitrogens with one attached hydrogen (secondary N) is 1. The van der Waals surface area contributed by atoms with Gasteiger partial charge >= 0.3 is 6.18 Å². The van der Waals surface area contributed by atoms with Crippen LogP contribution < -0.4 is 11.3 Å². The van der Waals surface area contributed by atoms with Crippen LogP contribution in [0, 0.1) is 0 Å². The van der Waals surface area contributed by atoms with Crippen LogP contribution in [0.1, 0.15) is 24.9 Å². The summed E-state index contributed by atoms with van der Waals surface area (Å²) in [5.74, 6) is 5.44. The number of nitrogen functional groups attached to an aromatic ring is 1. The first kappa shape index (κ1) is 15.0. The molecule has 0 aliphatic carbocycles. The zero-order chi connectivity index (χ0) is 15.0. The van der Waals surface area contributed by atoms with E-state index in [4.69, 9.17) is 5.84 Å². The number of nitrogens with two attached hydrogens (primary N) is 1. The van der Waals surface area contributed by atoms with Crippen molar-refractivity contribution in [2.75, 3.05) is 18.5 Å². The third kappa shape index (κ3) is 3.20. The molecule has 0 aromatic carbocycles. The van der Waals surface area contributed by atoms with Gasteiger partial charge in [0.25, 0.3) is 0 Å². The maximum absolute atomic E-state index is 13.3. The lowest BCUT2D eigenvalue weighted by Gasteiger charge is -2.30. The van der Waals surface area contributed by atoms with E-state index in [1.165, 1.54) is 17.0 Å². The maximum atomic E-state index is 13.3. The molecule has 0 amide bonds. The number of hydrogen-bond acceptors (Lipinski definition) is 5. The Hall–Kier alpha value is -1.38. The quantitative estimate of drug-likeness (QED) is 0.580. The number of alkyl halides is 3. The number of anilines is 1. The summed E-state index contributed by atoms with van der Waals surface area (Å²) >= 11 is 0. The lowest BCUT2D eigenvalue weighted by atomic mass is 10.1. The fourth-order valence-electron chi connectivity index (χ4n) is 2.46. The van der Waals surface area contributed by atoms with E-state index in [1.54, 1.807) is 6.92 Å². The van der Waals surface area contributed by atoms with Crippen molar-refractivity contribution < 1.29 is 18.3 Å². The Kier molecular flexibility index (Phi) is 3.90. The summed E-state index contributed by atoms with van der Waals surface area (Å²) in [5.41, 5.74) is 1.22. The summed E-state index contributed by atoms with van der Waals surface area (Å²) in [7, 11) is 0. The highest BCUT2D eigenvalue weighted by molar-refractivity contribution is 5.35. The number of pyridine rings is 1. The van der Waals surface area contributed by atoms with Crippen molar-refractivity contribution in [3.8, 4) is 0 Å². The van der Waals surface area contributed by atoms with Crippen LogP contribution in [-0.4, -0.2) is 39.9 Å². The molecule has 1 unspecified atom stereocenters. The minimum Gasteiger partial charge on any atom is -0.389 e. The van der Waals surface area contributed by atoms with Crippen LogP contribution in [0.4, 0.5) is 19.0 Å². The predicted molar refractivity (Wildman–Crippen MR) is 67.7 cm³/mol. The second-order valence-electron chi connectivity index (χ2n) is 5.28. The Morgan fingerprint density at radius 3 is 2.60 bits per heavy atom. The van der Waals surface area contributed by atoms with Gasteiger partial charge in [-0.1, -0.05) is 6.07 Å². The summed E-state index contributed by atoms with van der Waals surface area (Å²) < 4.78 is 39.9. The number of nitrogens with zero attached hydrogens (tertiary/aromatic N) is 2. The van der Waals surface area contributed by atoms with E-state index in [0.717, 1.165) is 6.20 Å². The summed E-state index contributed by atoms with van der Waals surface area (Å²) in [4.78, 5) is 5.04. The van der Waals surface area contributed by atoms with Crippen LogP contribution in [0.3, 0.4) is 0 Å². The maximum Gasteiger partial charge on any atom is 0.408 e. The van der Waals surface area contributed by atoms with Gasteiger partial charge in [-0.05, 0) is 25.0 Å². The largest absolute Gasteiger partial charge is 0.408 e. The van der Waals surface area contributed by atoms with Crippen LogP contribution in [-0.2, 0) is 0 Å². The summed E-state index contributed by atoms with van der Waals surface area (Å²) in [6.45, 7) is 1.71. The second-order valence-corrected chi connectivity index (χ2v) is 5.28. The molecular formula is C12H17F3N4O. The Labute approximate surface area is 114 Å². The molecule has 20 heavy (non-hydrogen) atoms. The van der Waals surface area contributed by atoms with Gasteiger partial charge in [-0.2, -0.15) is 13.2 Å². The zero-order valence-corrected chi connectivity index (χ0v) is 11.0. The van der Waals surface area contributed by atoms with Gasteiger partial charge in [0, 0.05) is 19.3 Å². The Morgan fingerprint density at radius 2 is 2.20 bits per heavy atom. The average molecular weight is 290 g/mol. The average Bonchev–Trinajstić information content (AvgIpc) is 2.69. The molecular weight excluding hydrogens is 273 g/mol. The van der Waals surface area contributed by atoms with Crippen LogP contribution in [0.2, 0.25) is 0 Å². The van der Waals surface area contributed by atoms with Gasteiger partial charge in [-0.15, -0.1) is 0 Å². The molecule has 1 saturated heterocycles. The predicted octanol–water partition coefficient (Wildman–Crippen LogP) is 1.43. The Balaban J connectivity index is 2.28. The van der Waals surface area contributed by atoms with Crippen molar-refractivity contribution in [1.82, 2.24) is 9.88 Å². The van der Waals surface area contributed by atoms with Crippen LogP contribution in [0.25, 0.3) is 0 Å². The topological polar surface area (TPSA) is 74.4 Å². The van der Waals surface area contributed by atoms with E-state index in [0.29, 0.717) is 12.2 Å². The molecule has 1 aliphatic heterocycles. The normalized spacial score (nSPS) is 25.7. The highest BCUT2D eigenvalue weighted by atomic mass is 19.4. The smallest absolute Gasteiger partial charge is 0.389 e. The number of β-amino-alcohol motifs (C(OH)–C–C–N with tert-alkyl or cyclic N) is 1. The van der Waals surface area contributed by atoms with E-state index in [2.05, 4.69) is 10.4 Å². The number of aromatic nitrogens is 1. The van der Waals surface area contributed by atoms with E-state index < -0.39 is 17.8 Å². The van der Waals surface area contributed by atoms with Crippen molar-refractivity contribution in [3.63, 3.8) is 0 Å². The molecule has 1 aromatic rings. The van der Waals surface area contributed by atoms with Crippen molar-refractivity contribution in [3.05, 3.63) is 23.9 Å². The van der Waals surface area contributed by atoms with Crippen LogP contribution in [0.15, 0.2) is 18.3 Å². The molecule has 2 rings (SSSR count). The summed E-state index contributed by atoms with van der Waals surface area (Å²) in [6.07, 6.45) is -2.96. The molecule has 112 valence electrons. The molecule has 0 spiro atoms. The van der Waals surface area contributed by atoms with E-state index in [-0.39, 0.29) is 18.7 Å². The third-order valence-electron chi connectivity index (χ3n) is 3.41. The van der Waals surface area contributed by atoms with Crippen molar-refractivity contribution >= 4 is 5.82 Å². The number of rotatable bonds is 3. The molecule has 0 radical (unpaired) electrons. The lowest BCUT2D eigenvalue weighted by molar-refractivity contribution is -0.185. The molecule has 1 fully saturated rings. The first-order valence-electron chi connectivity index (χ1n) is 6.19. The summed E-state index contributed by atoms with van der Waals surface area (Å²) in [5, 5.41) is 9.86. The SMILES string of the molecule is CC1(O)CCN([C@@H](c2ccc(NN)nc2)C(F)(F)F)C1. The molecule has 0 bridgehead atoms. The Bertz CT molecular complexity index is 461. The van der Waals surface area contributed by atoms with Gasteiger partial charge in [0.1, 0.15) is 11.9 Å². The van der Waals surface area contributed by atoms with Gasteiger partial charge in [-0.3, -0.25) is 4.90 Å². The fraction of sp³-hybridized carbons (Fsp3) is 0.583. The minimum atomic E-state index is -4.43. The fourth-order valence-corrected chi connectivity index (χ4v) is 2.46. The molecule has 4 N–H and O–H groups in total. The number of halogens is 3. The van der Waals surface area contributed by atoms with Gasteiger partial charge < -0.3 is 10.5 Å². The standard InChI is InChI=1S/C12H17F3N4O/c1-11(20)4-5-19(7-11)10(12(13,14)15)8-2-3-9(18-16)17-6-8/h2-3,6,10,20H,4-5,7,16H2,1H3,(H,17,18)/t10-,11?/m0/s1. The second kappa shape index (κ2) is 5.19. The van der Waals surface area contributed by atoms with E-state index in [1.807, 2.05) is 0 Å². The molecule has 2 atom stereocenters. The number of hydrogen-bond donors (Lipinski definition) is 3. The monoisotopic (exact) mass is 290 g/mol. The highest BCUT2D eigenvalue weighted by Gasteiger charge is 2.48. The lowest BCUT2D eigenvalue weighted by Crippen LogP contribution is -2.39. The van der Waals surface area contributed by atoms with Gasteiger partial charge in [0.05, 0.1) is 5.60 Å². The van der Waals surface area contributed by atoms with Gasteiger partial charge in [0.15, 0.2) is 0 Å². The first-order chi connectivity index (χ1) is 9.23. The van der Waals surface area contributed by atoms with Crippen molar-refractivity contribution in [1.29, 1.82) is 0 Å². The summed E-state index contributed by atoms with van der Waals surface area (Å²) in [6, 6.07) is 0.964. The zero-order valence-electron chi connectivity index (χ0n) is 11.0. The molecule has 5 nitrogen and oxygen atoms in total. The number of aliphatic hydroxyl groups is 1. The van der Waals surface area contributed by atoms with Crippen LogP contribution >= 0.6 is 0 Å².